The van der Waals surface area contributed by atoms with Crippen LogP contribution >= 0.6 is 0 Å². The molecule has 0 spiro atoms. The number of allylic oxidation sites excluding steroid dienone is 2. The molecule has 0 heteroatoms. The van der Waals surface area contributed by atoms with Gasteiger partial charge in [-0.3, -0.25) is 0 Å². The van der Waals surface area contributed by atoms with Crippen LogP contribution in [0.25, 0.3) is 0 Å². The van der Waals surface area contributed by atoms with Crippen LogP contribution in [0.15, 0.2) is 24.3 Å². The second-order valence-corrected chi connectivity index (χ2v) is 3.45. The van der Waals surface area contributed by atoms with Crippen LogP contribution in [0, 0.1) is 5.92 Å². The second-order valence-electron chi connectivity index (χ2n) is 3.45. The highest BCUT2D eigenvalue weighted by molar-refractivity contribution is 4.98. The van der Waals surface area contributed by atoms with E-state index in [0.717, 1.165) is 6.42 Å². The highest BCUT2D eigenvalue weighted by Crippen LogP contribution is 2.20. The lowest BCUT2D eigenvalue weighted by Crippen LogP contribution is -1.99. The van der Waals surface area contributed by atoms with Crippen molar-refractivity contribution in [1.29, 1.82) is 0 Å². The molecular weight excluding hydrogens is 132 g/mol. The summed E-state index contributed by atoms with van der Waals surface area (Å²) in [6.45, 7) is 14.3. The predicted octanol–water partition coefficient (Wildman–Crippen LogP) is 3.95. The van der Waals surface area contributed by atoms with Gasteiger partial charge in [-0.2, -0.15) is 0 Å². The van der Waals surface area contributed by atoms with Crippen molar-refractivity contribution in [2.24, 2.45) is 5.92 Å². The Bertz CT molecular complexity index is 142. The summed E-state index contributed by atoms with van der Waals surface area (Å²) < 4.78 is 0. The van der Waals surface area contributed by atoms with Crippen LogP contribution < -0.4 is 0 Å². The molecule has 1 atom stereocenters. The minimum absolute atomic E-state index is 0.701. The van der Waals surface area contributed by atoms with Gasteiger partial charge in [0.25, 0.3) is 0 Å². The van der Waals surface area contributed by atoms with Gasteiger partial charge in [0.15, 0.2) is 0 Å². The minimum atomic E-state index is 0.701. The molecule has 0 nitrogen and oxygen atoms in total. The van der Waals surface area contributed by atoms with Gasteiger partial charge in [-0.05, 0) is 39.0 Å². The monoisotopic (exact) mass is 152 g/mol. The fraction of sp³-hybridized carbons (Fsp3) is 0.636. The van der Waals surface area contributed by atoms with Crippen molar-refractivity contribution in [2.45, 2.75) is 40.0 Å². The average Bonchev–Trinajstić information content (AvgIpc) is 1.87. The van der Waals surface area contributed by atoms with Crippen LogP contribution in [-0.4, -0.2) is 0 Å². The molecule has 0 heterocycles. The molecule has 0 amide bonds. The molecule has 0 bridgehead atoms. The van der Waals surface area contributed by atoms with Crippen molar-refractivity contribution in [2.75, 3.05) is 0 Å². The maximum Gasteiger partial charge on any atom is -0.0208 e. The molecule has 0 aliphatic heterocycles. The van der Waals surface area contributed by atoms with Crippen LogP contribution in [0.4, 0.5) is 0 Å². The first kappa shape index (κ1) is 10.5. The van der Waals surface area contributed by atoms with Gasteiger partial charge in [-0.15, -0.1) is 6.58 Å². The fourth-order valence-electron chi connectivity index (χ4n) is 1.22. The normalized spacial score (nSPS) is 12.6. The Morgan fingerprint density at radius 2 is 1.82 bits per heavy atom. The van der Waals surface area contributed by atoms with E-state index >= 15 is 0 Å². The third kappa shape index (κ3) is 4.83. The van der Waals surface area contributed by atoms with Gasteiger partial charge in [0, 0.05) is 0 Å². The van der Waals surface area contributed by atoms with E-state index in [2.05, 4.69) is 33.9 Å². The molecule has 0 aromatic heterocycles. The minimum Gasteiger partial charge on any atom is -0.100 e. The molecular formula is C11H20. The molecule has 0 fully saturated rings. The Morgan fingerprint density at radius 1 is 1.27 bits per heavy atom. The van der Waals surface area contributed by atoms with Crippen LogP contribution in [-0.2, 0) is 0 Å². The van der Waals surface area contributed by atoms with E-state index in [-0.39, 0.29) is 0 Å². The first-order valence-corrected chi connectivity index (χ1v) is 4.37. The quantitative estimate of drug-likeness (QED) is 0.523. The molecule has 64 valence electrons. The molecule has 0 saturated heterocycles. The molecule has 0 aromatic rings. The van der Waals surface area contributed by atoms with E-state index in [1.54, 1.807) is 0 Å². The van der Waals surface area contributed by atoms with Gasteiger partial charge >= 0.3 is 0 Å². The highest BCUT2D eigenvalue weighted by atomic mass is 14.1. The van der Waals surface area contributed by atoms with Crippen molar-refractivity contribution in [1.82, 2.24) is 0 Å². The SMILES string of the molecule is C=C(C)CCC(CC)C(=C)C. The lowest BCUT2D eigenvalue weighted by molar-refractivity contribution is 0.543. The third-order valence-corrected chi connectivity index (χ3v) is 2.11. The van der Waals surface area contributed by atoms with Crippen LogP contribution in [0.2, 0.25) is 0 Å². The van der Waals surface area contributed by atoms with Crippen LogP contribution in [0.1, 0.15) is 40.0 Å². The van der Waals surface area contributed by atoms with E-state index in [1.165, 1.54) is 24.0 Å². The first-order valence-electron chi connectivity index (χ1n) is 4.37. The Labute approximate surface area is 71.0 Å². The van der Waals surface area contributed by atoms with Crippen LogP contribution in [0.3, 0.4) is 0 Å². The fourth-order valence-corrected chi connectivity index (χ4v) is 1.22. The van der Waals surface area contributed by atoms with E-state index in [1.807, 2.05) is 0 Å². The summed E-state index contributed by atoms with van der Waals surface area (Å²) in [6, 6.07) is 0. The molecule has 0 aliphatic carbocycles. The molecule has 0 rings (SSSR count). The molecule has 0 aliphatic rings. The average molecular weight is 152 g/mol. The molecule has 0 N–H and O–H groups in total. The maximum absolute atomic E-state index is 3.97. The van der Waals surface area contributed by atoms with Gasteiger partial charge in [0.1, 0.15) is 0 Å². The van der Waals surface area contributed by atoms with Crippen molar-refractivity contribution in [3.8, 4) is 0 Å². The summed E-state index contributed by atoms with van der Waals surface area (Å²) in [5.74, 6) is 0.701. The lowest BCUT2D eigenvalue weighted by atomic mass is 9.92. The Kier molecular flexibility index (Phi) is 4.93. The molecule has 11 heavy (non-hydrogen) atoms. The number of hydrogen-bond donors (Lipinski definition) is 0. The Balaban J connectivity index is 3.70. The van der Waals surface area contributed by atoms with Gasteiger partial charge in [-0.25, -0.2) is 0 Å². The van der Waals surface area contributed by atoms with Crippen molar-refractivity contribution < 1.29 is 0 Å². The number of hydrogen-bond acceptors (Lipinski definition) is 0. The van der Waals surface area contributed by atoms with E-state index in [9.17, 15) is 0 Å². The predicted molar refractivity (Wildman–Crippen MR) is 52.6 cm³/mol. The molecule has 0 aromatic carbocycles. The smallest absolute Gasteiger partial charge is 0.0208 e. The van der Waals surface area contributed by atoms with Gasteiger partial charge < -0.3 is 0 Å². The summed E-state index contributed by atoms with van der Waals surface area (Å²) in [5.41, 5.74) is 2.60. The zero-order valence-corrected chi connectivity index (χ0v) is 8.11. The van der Waals surface area contributed by atoms with E-state index in [4.69, 9.17) is 0 Å². The summed E-state index contributed by atoms with van der Waals surface area (Å²) in [5, 5.41) is 0. The largest absolute Gasteiger partial charge is 0.100 e. The van der Waals surface area contributed by atoms with Crippen molar-refractivity contribution in [3.63, 3.8) is 0 Å². The third-order valence-electron chi connectivity index (χ3n) is 2.11. The van der Waals surface area contributed by atoms with E-state index in [0.29, 0.717) is 5.92 Å². The summed E-state index contributed by atoms with van der Waals surface area (Å²) in [7, 11) is 0. The zero-order chi connectivity index (χ0) is 8.85. The standard InChI is InChI=1S/C11H20/c1-6-11(10(4)5)8-7-9(2)3/h11H,2,4,6-8H2,1,3,5H3. The van der Waals surface area contributed by atoms with Gasteiger partial charge in [0.05, 0.1) is 0 Å². The molecule has 0 radical (unpaired) electrons. The topological polar surface area (TPSA) is 0 Å². The van der Waals surface area contributed by atoms with Crippen molar-refractivity contribution in [3.05, 3.63) is 24.3 Å². The van der Waals surface area contributed by atoms with Crippen molar-refractivity contribution >= 4 is 0 Å². The first-order chi connectivity index (χ1) is 5.07. The molecule has 1 unspecified atom stereocenters. The molecule has 0 saturated carbocycles. The summed E-state index contributed by atoms with van der Waals surface area (Å²) in [6.07, 6.45) is 3.58. The second kappa shape index (κ2) is 5.17. The van der Waals surface area contributed by atoms with Crippen LogP contribution in [0.5, 0.6) is 0 Å². The van der Waals surface area contributed by atoms with E-state index < -0.39 is 0 Å². The van der Waals surface area contributed by atoms with Gasteiger partial charge in [0.2, 0.25) is 0 Å². The number of rotatable bonds is 5. The zero-order valence-electron chi connectivity index (χ0n) is 8.11. The highest BCUT2D eigenvalue weighted by Gasteiger charge is 2.05. The summed E-state index contributed by atoms with van der Waals surface area (Å²) >= 11 is 0. The maximum atomic E-state index is 3.97. The Morgan fingerprint density at radius 3 is 2.09 bits per heavy atom. The Hall–Kier alpha value is -0.520. The summed E-state index contributed by atoms with van der Waals surface area (Å²) in [4.78, 5) is 0. The lowest BCUT2D eigenvalue weighted by Gasteiger charge is -2.13. The van der Waals surface area contributed by atoms with Gasteiger partial charge in [-0.1, -0.05) is 24.6 Å².